The predicted octanol–water partition coefficient (Wildman–Crippen LogP) is 18.3. The van der Waals surface area contributed by atoms with Gasteiger partial charge in [0, 0.05) is 19.3 Å². The molecule has 0 aromatic carbocycles. The van der Waals surface area contributed by atoms with E-state index in [2.05, 4.69) is 118 Å². The Morgan fingerprint density at radius 3 is 0.925 bits per heavy atom. The molecule has 1 atom stereocenters. The van der Waals surface area contributed by atoms with Gasteiger partial charge in [0.25, 0.3) is 0 Å². The Balaban J connectivity index is 4.55. The molecule has 0 amide bonds. The molecule has 0 bridgehead atoms. The maximum absolute atomic E-state index is 12.8. The number of hydrogen-bond acceptors (Lipinski definition) is 6. The number of hydrogen-bond donors (Lipinski definition) is 0. The lowest BCUT2D eigenvalue weighted by Gasteiger charge is -2.18. The van der Waals surface area contributed by atoms with Gasteiger partial charge in [-0.15, -0.1) is 0 Å². The molecular weight excluding hydrogens is 829 g/mol. The number of carbonyl (C=O) groups is 3. The lowest BCUT2D eigenvalue weighted by Crippen LogP contribution is -2.30. The predicted molar refractivity (Wildman–Crippen MR) is 288 cm³/mol. The summed E-state index contributed by atoms with van der Waals surface area (Å²) in [6, 6.07) is 0. The normalized spacial score (nSPS) is 12.9. The Hall–Kier alpha value is -3.93. The van der Waals surface area contributed by atoms with Gasteiger partial charge in [-0.05, 0) is 103 Å². The van der Waals surface area contributed by atoms with Crippen molar-refractivity contribution in [1.82, 2.24) is 0 Å². The first kappa shape index (κ1) is 63.1. The smallest absolute Gasteiger partial charge is 0.306 e. The van der Waals surface area contributed by atoms with E-state index in [1.54, 1.807) is 0 Å². The summed E-state index contributed by atoms with van der Waals surface area (Å²) in [5, 5.41) is 0. The largest absolute Gasteiger partial charge is 0.462 e. The van der Waals surface area contributed by atoms with Crippen LogP contribution in [0.3, 0.4) is 0 Å². The third-order valence-electron chi connectivity index (χ3n) is 11.3. The first-order chi connectivity index (χ1) is 33.0. The zero-order chi connectivity index (χ0) is 48.6. The highest BCUT2D eigenvalue weighted by Gasteiger charge is 2.19. The molecule has 0 aromatic rings. The van der Waals surface area contributed by atoms with Crippen molar-refractivity contribution in [3.8, 4) is 0 Å². The fourth-order valence-electron chi connectivity index (χ4n) is 7.11. The summed E-state index contributed by atoms with van der Waals surface area (Å²) in [5.74, 6) is -1.04. The average Bonchev–Trinajstić information content (AvgIpc) is 3.33. The van der Waals surface area contributed by atoms with Crippen LogP contribution >= 0.6 is 0 Å². The summed E-state index contributed by atoms with van der Waals surface area (Å²) < 4.78 is 16.7. The van der Waals surface area contributed by atoms with Gasteiger partial charge in [0.2, 0.25) is 0 Å². The van der Waals surface area contributed by atoms with E-state index >= 15 is 0 Å². The highest BCUT2D eigenvalue weighted by molar-refractivity contribution is 5.71. The lowest BCUT2D eigenvalue weighted by molar-refractivity contribution is -0.166. The van der Waals surface area contributed by atoms with Crippen LogP contribution in [0.4, 0.5) is 0 Å². The van der Waals surface area contributed by atoms with Crippen molar-refractivity contribution in [1.29, 1.82) is 0 Å². The number of esters is 3. The van der Waals surface area contributed by atoms with Gasteiger partial charge in [0.1, 0.15) is 13.2 Å². The summed E-state index contributed by atoms with van der Waals surface area (Å²) in [4.78, 5) is 38.0. The second-order valence-corrected chi connectivity index (χ2v) is 17.8. The number of ether oxygens (including phenoxy) is 3. The van der Waals surface area contributed by atoms with Crippen LogP contribution in [0.1, 0.15) is 239 Å². The van der Waals surface area contributed by atoms with Crippen molar-refractivity contribution in [2.24, 2.45) is 0 Å². The molecule has 0 saturated carbocycles. The van der Waals surface area contributed by atoms with E-state index in [9.17, 15) is 14.4 Å². The monoisotopic (exact) mass is 929 g/mol. The molecule has 6 nitrogen and oxygen atoms in total. The second-order valence-electron chi connectivity index (χ2n) is 17.8. The lowest BCUT2D eigenvalue weighted by atomic mass is 10.1. The molecule has 0 saturated heterocycles. The molecule has 0 N–H and O–H groups in total. The van der Waals surface area contributed by atoms with E-state index < -0.39 is 12.1 Å². The molecule has 0 aromatic heterocycles. The minimum Gasteiger partial charge on any atom is -0.462 e. The maximum atomic E-state index is 12.8. The maximum Gasteiger partial charge on any atom is 0.306 e. The van der Waals surface area contributed by atoms with Crippen LogP contribution in [0.15, 0.2) is 109 Å². The fraction of sp³-hybridized carbons (Fsp3) is 0.656. The molecule has 380 valence electrons. The Kier molecular flexibility index (Phi) is 51.5. The molecule has 0 rings (SSSR count). The SMILES string of the molecule is CCCCC/C=C\C/C=C\C/C=C\C/C=C\C/C=C\CCC(=O)O[C@H](COC(=O)CCCCC/C=C\C/C=C\C/C=C\C/C=C\CCCCC)COC(=O)CCCCCCCCCCCCC. The molecule has 0 aliphatic carbocycles. The van der Waals surface area contributed by atoms with Gasteiger partial charge in [-0.3, -0.25) is 14.4 Å². The summed E-state index contributed by atoms with van der Waals surface area (Å²) in [6.45, 7) is 6.48. The van der Waals surface area contributed by atoms with Gasteiger partial charge in [-0.2, -0.15) is 0 Å². The standard InChI is InChI=1S/C61H100O6/c1-4-7-10-13-16-19-22-24-26-28-30-32-34-36-39-42-45-48-51-54-60(63)66-57-58(56-65-59(62)53-50-47-44-41-38-21-18-15-12-9-6-3)67-61(64)55-52-49-46-43-40-37-35-33-31-29-27-25-23-20-17-14-11-8-5-2/h16-17,19-20,24-27,30-33,36-37,39-40,46,49,58H,4-15,18,21-23,28-29,34-35,38,41-45,47-48,50-57H2,1-3H3/b19-16-,20-17-,26-24-,27-25-,32-30-,33-31-,39-36-,40-37-,49-46-/t58-/m0/s1. The topological polar surface area (TPSA) is 78.9 Å². The van der Waals surface area contributed by atoms with Crippen LogP contribution in [0.5, 0.6) is 0 Å². The molecule has 6 heteroatoms. The third-order valence-corrected chi connectivity index (χ3v) is 11.3. The first-order valence-corrected chi connectivity index (χ1v) is 27.4. The van der Waals surface area contributed by atoms with E-state index in [1.807, 2.05) is 12.2 Å². The van der Waals surface area contributed by atoms with Crippen molar-refractivity contribution < 1.29 is 28.6 Å². The third kappa shape index (κ3) is 52.9. The number of unbranched alkanes of at least 4 members (excludes halogenated alkanes) is 19. The van der Waals surface area contributed by atoms with Gasteiger partial charge >= 0.3 is 17.9 Å². The molecule has 67 heavy (non-hydrogen) atoms. The van der Waals surface area contributed by atoms with Crippen LogP contribution in [-0.4, -0.2) is 37.2 Å². The highest BCUT2D eigenvalue weighted by Crippen LogP contribution is 2.13. The Morgan fingerprint density at radius 2 is 0.567 bits per heavy atom. The highest BCUT2D eigenvalue weighted by atomic mass is 16.6. The van der Waals surface area contributed by atoms with Gasteiger partial charge < -0.3 is 14.2 Å². The molecule has 0 radical (unpaired) electrons. The Bertz CT molecular complexity index is 1390. The zero-order valence-electron chi connectivity index (χ0n) is 43.4. The molecular formula is C61H100O6. The van der Waals surface area contributed by atoms with E-state index in [-0.39, 0.29) is 31.6 Å². The van der Waals surface area contributed by atoms with Crippen LogP contribution in [-0.2, 0) is 28.6 Å². The van der Waals surface area contributed by atoms with E-state index in [0.29, 0.717) is 19.3 Å². The van der Waals surface area contributed by atoms with E-state index in [1.165, 1.54) is 103 Å². The van der Waals surface area contributed by atoms with Crippen LogP contribution in [0.25, 0.3) is 0 Å². The quantitative estimate of drug-likeness (QED) is 0.0262. The van der Waals surface area contributed by atoms with Crippen LogP contribution < -0.4 is 0 Å². The molecule has 0 spiro atoms. The minimum absolute atomic E-state index is 0.118. The summed E-state index contributed by atoms with van der Waals surface area (Å²) in [6.07, 6.45) is 73.7. The molecule has 0 heterocycles. The summed E-state index contributed by atoms with van der Waals surface area (Å²) in [7, 11) is 0. The van der Waals surface area contributed by atoms with Crippen molar-refractivity contribution >= 4 is 17.9 Å². The van der Waals surface area contributed by atoms with E-state index in [0.717, 1.165) is 89.9 Å². The van der Waals surface area contributed by atoms with Crippen molar-refractivity contribution in [2.75, 3.05) is 13.2 Å². The number of rotatable bonds is 48. The van der Waals surface area contributed by atoms with Gasteiger partial charge in [0.15, 0.2) is 6.10 Å². The fourth-order valence-corrected chi connectivity index (χ4v) is 7.11. The summed E-state index contributed by atoms with van der Waals surface area (Å²) in [5.41, 5.74) is 0. The number of carbonyl (C=O) groups excluding carboxylic acids is 3. The molecule has 0 unspecified atom stereocenters. The summed E-state index contributed by atoms with van der Waals surface area (Å²) >= 11 is 0. The molecule has 0 aliphatic heterocycles. The number of allylic oxidation sites excluding steroid dienone is 18. The second kappa shape index (κ2) is 54.7. The molecule has 0 aliphatic rings. The van der Waals surface area contributed by atoms with Crippen LogP contribution in [0.2, 0.25) is 0 Å². The Labute approximate surface area is 412 Å². The van der Waals surface area contributed by atoms with Gasteiger partial charge in [0.05, 0.1) is 0 Å². The first-order valence-electron chi connectivity index (χ1n) is 27.4. The van der Waals surface area contributed by atoms with Gasteiger partial charge in [-0.25, -0.2) is 0 Å². The Morgan fingerprint density at radius 1 is 0.299 bits per heavy atom. The van der Waals surface area contributed by atoms with Gasteiger partial charge in [-0.1, -0.05) is 226 Å². The van der Waals surface area contributed by atoms with Crippen LogP contribution in [0, 0.1) is 0 Å². The van der Waals surface area contributed by atoms with Crippen molar-refractivity contribution in [2.45, 2.75) is 245 Å². The van der Waals surface area contributed by atoms with Crippen molar-refractivity contribution in [3.63, 3.8) is 0 Å². The van der Waals surface area contributed by atoms with E-state index in [4.69, 9.17) is 14.2 Å². The van der Waals surface area contributed by atoms with Crippen molar-refractivity contribution in [3.05, 3.63) is 109 Å². The average molecular weight is 929 g/mol. The molecule has 0 fully saturated rings. The minimum atomic E-state index is -0.831. The zero-order valence-corrected chi connectivity index (χ0v) is 43.4.